The van der Waals surface area contributed by atoms with E-state index in [1.165, 1.54) is 4.68 Å². The number of aromatic nitrogens is 3. The standard InChI is InChI=1S/C13H14N4O2/c14-12(18)11-9-5-2-4-8-16(9)17(13(11)19)10-6-1-3-7-15-10/h1,3,6-7H,2,4-5,8H2,(H2,14,18). The minimum Gasteiger partial charge on any atom is -0.365 e. The summed E-state index contributed by atoms with van der Waals surface area (Å²) in [6, 6.07) is 5.33. The minimum absolute atomic E-state index is 0.102. The van der Waals surface area contributed by atoms with E-state index >= 15 is 0 Å². The Morgan fingerprint density at radius 2 is 2.16 bits per heavy atom. The molecule has 1 aliphatic rings. The second kappa shape index (κ2) is 4.38. The van der Waals surface area contributed by atoms with E-state index < -0.39 is 5.91 Å². The maximum Gasteiger partial charge on any atom is 0.285 e. The number of nitrogens with two attached hydrogens (primary N) is 1. The topological polar surface area (TPSA) is 82.9 Å². The summed E-state index contributed by atoms with van der Waals surface area (Å²) in [5.74, 6) is -0.145. The Kier molecular flexibility index (Phi) is 2.70. The zero-order valence-electron chi connectivity index (χ0n) is 10.4. The maximum absolute atomic E-state index is 12.4. The van der Waals surface area contributed by atoms with E-state index in [0.717, 1.165) is 18.5 Å². The lowest BCUT2D eigenvalue weighted by molar-refractivity contribution is 0.0998. The highest BCUT2D eigenvalue weighted by Gasteiger charge is 2.26. The number of carbonyl (C=O) groups excluding carboxylic acids is 1. The first-order chi connectivity index (χ1) is 9.20. The summed E-state index contributed by atoms with van der Waals surface area (Å²) in [5, 5.41) is 0. The van der Waals surface area contributed by atoms with Crippen LogP contribution in [0, 0.1) is 0 Å². The third kappa shape index (κ3) is 1.76. The first kappa shape index (κ1) is 11.7. The number of pyridine rings is 1. The van der Waals surface area contributed by atoms with E-state index in [0.29, 0.717) is 18.8 Å². The van der Waals surface area contributed by atoms with Gasteiger partial charge in [-0.25, -0.2) is 4.98 Å². The summed E-state index contributed by atoms with van der Waals surface area (Å²) in [6.45, 7) is 0.703. The van der Waals surface area contributed by atoms with Crippen LogP contribution in [-0.2, 0) is 13.0 Å². The van der Waals surface area contributed by atoms with Gasteiger partial charge in [0.1, 0.15) is 5.56 Å². The molecular weight excluding hydrogens is 244 g/mol. The Morgan fingerprint density at radius 3 is 2.84 bits per heavy atom. The smallest absolute Gasteiger partial charge is 0.285 e. The molecule has 0 saturated heterocycles. The molecule has 2 aromatic rings. The number of carbonyl (C=O) groups is 1. The molecule has 1 aliphatic heterocycles. The average molecular weight is 258 g/mol. The van der Waals surface area contributed by atoms with Gasteiger partial charge in [-0.3, -0.25) is 14.3 Å². The molecule has 0 fully saturated rings. The summed E-state index contributed by atoms with van der Waals surface area (Å²) in [5.41, 5.74) is 5.81. The first-order valence-corrected chi connectivity index (χ1v) is 6.26. The molecule has 0 spiro atoms. The van der Waals surface area contributed by atoms with Gasteiger partial charge in [0.25, 0.3) is 11.5 Å². The first-order valence-electron chi connectivity index (χ1n) is 6.26. The van der Waals surface area contributed by atoms with Crippen LogP contribution in [0.1, 0.15) is 28.9 Å². The van der Waals surface area contributed by atoms with Crippen molar-refractivity contribution in [3.8, 4) is 5.82 Å². The van der Waals surface area contributed by atoms with Gasteiger partial charge in [0.05, 0.1) is 5.69 Å². The number of hydrogen-bond acceptors (Lipinski definition) is 3. The molecule has 0 aliphatic carbocycles. The Bertz CT molecular complexity index is 685. The van der Waals surface area contributed by atoms with Gasteiger partial charge in [-0.15, -0.1) is 0 Å². The van der Waals surface area contributed by atoms with E-state index in [9.17, 15) is 9.59 Å². The molecule has 0 aromatic carbocycles. The zero-order valence-corrected chi connectivity index (χ0v) is 10.4. The van der Waals surface area contributed by atoms with E-state index in [4.69, 9.17) is 5.73 Å². The molecule has 0 saturated carbocycles. The molecule has 1 amide bonds. The van der Waals surface area contributed by atoms with Crippen LogP contribution in [0.3, 0.4) is 0 Å². The quantitative estimate of drug-likeness (QED) is 0.849. The molecule has 2 N–H and O–H groups in total. The van der Waals surface area contributed by atoms with Crippen LogP contribution in [0.15, 0.2) is 29.2 Å². The van der Waals surface area contributed by atoms with Crippen LogP contribution in [0.2, 0.25) is 0 Å². The fourth-order valence-corrected chi connectivity index (χ4v) is 2.59. The molecule has 98 valence electrons. The molecule has 0 unspecified atom stereocenters. The lowest BCUT2D eigenvalue weighted by Gasteiger charge is -2.18. The van der Waals surface area contributed by atoms with E-state index in [1.54, 1.807) is 18.3 Å². The van der Waals surface area contributed by atoms with Crippen LogP contribution in [0.5, 0.6) is 0 Å². The molecule has 3 rings (SSSR count). The molecule has 3 heterocycles. The van der Waals surface area contributed by atoms with Gasteiger partial charge >= 0.3 is 0 Å². The summed E-state index contributed by atoms with van der Waals surface area (Å²) in [4.78, 5) is 28.1. The summed E-state index contributed by atoms with van der Waals surface area (Å²) in [7, 11) is 0. The molecule has 6 nitrogen and oxygen atoms in total. The number of fused-ring (bicyclic) bond motifs is 1. The zero-order chi connectivity index (χ0) is 13.4. The predicted octanol–water partition coefficient (Wildman–Crippen LogP) is 0.469. The number of rotatable bonds is 2. The largest absolute Gasteiger partial charge is 0.365 e. The molecule has 2 aromatic heterocycles. The van der Waals surface area contributed by atoms with E-state index in [1.807, 2.05) is 10.7 Å². The fraction of sp³-hybridized carbons (Fsp3) is 0.308. The summed E-state index contributed by atoms with van der Waals surface area (Å²) in [6.07, 6.45) is 4.26. The van der Waals surface area contributed by atoms with E-state index in [2.05, 4.69) is 4.98 Å². The third-order valence-electron chi connectivity index (χ3n) is 3.39. The normalized spacial score (nSPS) is 14.1. The van der Waals surface area contributed by atoms with Crippen molar-refractivity contribution in [1.29, 1.82) is 0 Å². The lowest BCUT2D eigenvalue weighted by Crippen LogP contribution is -2.26. The highest BCUT2D eigenvalue weighted by molar-refractivity contribution is 5.93. The predicted molar refractivity (Wildman–Crippen MR) is 69.3 cm³/mol. The van der Waals surface area contributed by atoms with Gasteiger partial charge < -0.3 is 5.73 Å². The molecule has 0 bridgehead atoms. The Hall–Kier alpha value is -2.37. The number of nitrogens with zero attached hydrogens (tertiary/aromatic N) is 3. The maximum atomic E-state index is 12.4. The van der Waals surface area contributed by atoms with Crippen LogP contribution in [0.4, 0.5) is 0 Å². The highest BCUT2D eigenvalue weighted by atomic mass is 16.2. The molecule has 0 radical (unpaired) electrons. The molecule has 19 heavy (non-hydrogen) atoms. The van der Waals surface area contributed by atoms with Crippen molar-refractivity contribution in [1.82, 2.24) is 14.3 Å². The van der Waals surface area contributed by atoms with Gasteiger partial charge in [-0.05, 0) is 31.4 Å². The Balaban J connectivity index is 2.31. The molecular formula is C13H14N4O2. The van der Waals surface area contributed by atoms with Crippen molar-refractivity contribution in [3.63, 3.8) is 0 Å². The molecule has 6 heteroatoms. The number of amides is 1. The van der Waals surface area contributed by atoms with E-state index in [-0.39, 0.29) is 11.1 Å². The van der Waals surface area contributed by atoms with Crippen LogP contribution in [0.25, 0.3) is 5.82 Å². The average Bonchev–Trinajstić information content (AvgIpc) is 2.71. The van der Waals surface area contributed by atoms with Crippen molar-refractivity contribution in [2.24, 2.45) is 5.73 Å². The second-order valence-corrected chi connectivity index (χ2v) is 4.57. The monoisotopic (exact) mass is 258 g/mol. The molecule has 0 atom stereocenters. The van der Waals surface area contributed by atoms with Gasteiger partial charge in [-0.1, -0.05) is 6.07 Å². The Morgan fingerprint density at radius 1 is 1.32 bits per heavy atom. The van der Waals surface area contributed by atoms with Crippen LogP contribution >= 0.6 is 0 Å². The minimum atomic E-state index is -0.662. The summed E-state index contributed by atoms with van der Waals surface area (Å²) >= 11 is 0. The lowest BCUT2D eigenvalue weighted by atomic mass is 10.1. The van der Waals surface area contributed by atoms with Crippen molar-refractivity contribution in [2.75, 3.05) is 0 Å². The van der Waals surface area contributed by atoms with Gasteiger partial charge in [-0.2, -0.15) is 4.68 Å². The second-order valence-electron chi connectivity index (χ2n) is 4.57. The van der Waals surface area contributed by atoms with Gasteiger partial charge in [0, 0.05) is 12.7 Å². The number of hydrogen-bond donors (Lipinski definition) is 1. The number of primary amides is 1. The van der Waals surface area contributed by atoms with Gasteiger partial charge in [0.2, 0.25) is 0 Å². The van der Waals surface area contributed by atoms with Crippen molar-refractivity contribution in [3.05, 3.63) is 46.0 Å². The summed E-state index contributed by atoms with van der Waals surface area (Å²) < 4.78 is 3.28. The van der Waals surface area contributed by atoms with Crippen molar-refractivity contribution < 1.29 is 4.79 Å². The Labute approximate surface area is 109 Å². The SMILES string of the molecule is NC(=O)c1c2n(n(-c3ccccn3)c1=O)CCCC2. The van der Waals surface area contributed by atoms with Crippen molar-refractivity contribution in [2.45, 2.75) is 25.8 Å². The van der Waals surface area contributed by atoms with Crippen LogP contribution < -0.4 is 11.3 Å². The highest BCUT2D eigenvalue weighted by Crippen LogP contribution is 2.18. The fourth-order valence-electron chi connectivity index (χ4n) is 2.59. The van der Waals surface area contributed by atoms with Crippen LogP contribution in [-0.4, -0.2) is 20.3 Å². The third-order valence-corrected chi connectivity index (χ3v) is 3.39. The van der Waals surface area contributed by atoms with Gasteiger partial charge in [0.15, 0.2) is 5.82 Å². The van der Waals surface area contributed by atoms with Crippen molar-refractivity contribution >= 4 is 5.91 Å².